The van der Waals surface area contributed by atoms with E-state index in [1.165, 1.54) is 32.1 Å². The van der Waals surface area contributed by atoms with Gasteiger partial charge in [-0.15, -0.1) is 0 Å². The Kier molecular flexibility index (Phi) is 2.63. The first-order valence-electron chi connectivity index (χ1n) is 5.46. The summed E-state index contributed by atoms with van der Waals surface area (Å²) in [6.07, 6.45) is 6.20. The number of hydrogen-bond donors (Lipinski definition) is 1. The molecule has 4 heteroatoms. The lowest BCUT2D eigenvalue weighted by molar-refractivity contribution is 0.422. The van der Waals surface area contributed by atoms with Crippen molar-refractivity contribution in [2.24, 2.45) is 7.05 Å². The largest absolute Gasteiger partial charge is 0.383 e. The molecular formula is C11H16N4. The van der Waals surface area contributed by atoms with Gasteiger partial charge in [0, 0.05) is 13.0 Å². The number of hydrogen-bond acceptors (Lipinski definition) is 3. The van der Waals surface area contributed by atoms with Crippen LogP contribution in [0.3, 0.4) is 0 Å². The Labute approximate surface area is 89.7 Å². The number of nitrogen functional groups attached to an aromatic ring is 1. The first-order valence-corrected chi connectivity index (χ1v) is 5.46. The lowest BCUT2D eigenvalue weighted by Crippen LogP contribution is -2.11. The van der Waals surface area contributed by atoms with Gasteiger partial charge in [0.15, 0.2) is 5.69 Å². The second kappa shape index (κ2) is 3.93. The third kappa shape index (κ3) is 1.70. The minimum atomic E-state index is 0.373. The van der Waals surface area contributed by atoms with Gasteiger partial charge in [0.1, 0.15) is 17.7 Å². The van der Waals surface area contributed by atoms with Crippen molar-refractivity contribution >= 4 is 5.82 Å². The standard InChI is InChI=1S/C11H16N4/c1-15-10(13)9(7-12)14-11(15)8-5-3-2-4-6-8/h8H,2-6,13H2,1H3. The molecule has 1 aliphatic rings. The van der Waals surface area contributed by atoms with Crippen molar-refractivity contribution in [1.29, 1.82) is 5.26 Å². The van der Waals surface area contributed by atoms with Crippen molar-refractivity contribution in [2.75, 3.05) is 5.73 Å². The fourth-order valence-corrected chi connectivity index (χ4v) is 2.34. The fourth-order valence-electron chi connectivity index (χ4n) is 2.34. The van der Waals surface area contributed by atoms with Gasteiger partial charge in [-0.3, -0.25) is 0 Å². The molecular weight excluding hydrogens is 188 g/mol. The highest BCUT2D eigenvalue weighted by atomic mass is 15.1. The van der Waals surface area contributed by atoms with Gasteiger partial charge in [-0.25, -0.2) is 4.98 Å². The maximum Gasteiger partial charge on any atom is 0.182 e. The zero-order valence-electron chi connectivity index (χ0n) is 9.03. The molecule has 0 aromatic carbocycles. The van der Waals surface area contributed by atoms with Gasteiger partial charge < -0.3 is 10.3 Å². The molecule has 0 bridgehead atoms. The van der Waals surface area contributed by atoms with Gasteiger partial charge in [0.2, 0.25) is 0 Å². The molecule has 1 aromatic rings. The molecule has 2 N–H and O–H groups in total. The summed E-state index contributed by atoms with van der Waals surface area (Å²) in [7, 11) is 1.90. The average molecular weight is 204 g/mol. The van der Waals surface area contributed by atoms with E-state index in [1.807, 2.05) is 17.7 Å². The van der Waals surface area contributed by atoms with E-state index in [0.29, 0.717) is 17.4 Å². The van der Waals surface area contributed by atoms with Crippen LogP contribution >= 0.6 is 0 Å². The molecule has 0 saturated heterocycles. The predicted octanol–water partition coefficient (Wildman–Crippen LogP) is 1.92. The number of anilines is 1. The maximum absolute atomic E-state index is 8.85. The number of aromatic nitrogens is 2. The fraction of sp³-hybridized carbons (Fsp3) is 0.636. The van der Waals surface area contributed by atoms with Crippen molar-refractivity contribution < 1.29 is 0 Å². The first-order chi connectivity index (χ1) is 7.24. The number of nitriles is 1. The van der Waals surface area contributed by atoms with E-state index >= 15 is 0 Å². The van der Waals surface area contributed by atoms with Crippen molar-refractivity contribution in [3.63, 3.8) is 0 Å². The molecule has 1 heterocycles. The summed E-state index contributed by atoms with van der Waals surface area (Å²) in [5.41, 5.74) is 6.17. The van der Waals surface area contributed by atoms with Crippen molar-refractivity contribution in [3.05, 3.63) is 11.5 Å². The lowest BCUT2D eigenvalue weighted by Gasteiger charge is -2.20. The van der Waals surface area contributed by atoms with Crippen LogP contribution in [-0.2, 0) is 7.05 Å². The SMILES string of the molecule is Cn1c(C2CCCCC2)nc(C#N)c1N. The molecule has 15 heavy (non-hydrogen) atoms. The molecule has 1 aliphatic carbocycles. The van der Waals surface area contributed by atoms with Crippen LogP contribution in [0, 0.1) is 11.3 Å². The van der Waals surface area contributed by atoms with Crippen LogP contribution < -0.4 is 5.73 Å². The summed E-state index contributed by atoms with van der Waals surface area (Å²) in [4.78, 5) is 4.33. The molecule has 1 aromatic heterocycles. The van der Waals surface area contributed by atoms with Crippen LogP contribution in [0.15, 0.2) is 0 Å². The smallest absolute Gasteiger partial charge is 0.182 e. The van der Waals surface area contributed by atoms with E-state index in [4.69, 9.17) is 11.0 Å². The number of nitrogens with zero attached hydrogens (tertiary/aromatic N) is 3. The molecule has 2 rings (SSSR count). The Hall–Kier alpha value is -1.50. The van der Waals surface area contributed by atoms with E-state index in [9.17, 15) is 0 Å². The van der Waals surface area contributed by atoms with E-state index in [0.717, 1.165) is 5.82 Å². The minimum Gasteiger partial charge on any atom is -0.383 e. The number of rotatable bonds is 1. The van der Waals surface area contributed by atoms with Gasteiger partial charge in [0.05, 0.1) is 0 Å². The molecule has 4 nitrogen and oxygen atoms in total. The molecule has 80 valence electrons. The Morgan fingerprint density at radius 1 is 1.40 bits per heavy atom. The molecule has 0 spiro atoms. The summed E-state index contributed by atoms with van der Waals surface area (Å²) >= 11 is 0. The Morgan fingerprint density at radius 3 is 2.60 bits per heavy atom. The van der Waals surface area contributed by atoms with Gasteiger partial charge in [0.25, 0.3) is 0 Å². The highest BCUT2D eigenvalue weighted by Crippen LogP contribution is 2.32. The third-order valence-corrected chi connectivity index (χ3v) is 3.25. The van der Waals surface area contributed by atoms with Crippen LogP contribution in [0.4, 0.5) is 5.82 Å². The van der Waals surface area contributed by atoms with Crippen LogP contribution in [0.1, 0.15) is 49.5 Å². The quantitative estimate of drug-likeness (QED) is 0.759. The Morgan fingerprint density at radius 2 is 2.07 bits per heavy atom. The van der Waals surface area contributed by atoms with E-state index < -0.39 is 0 Å². The van der Waals surface area contributed by atoms with Crippen molar-refractivity contribution in [2.45, 2.75) is 38.0 Å². The molecule has 0 unspecified atom stereocenters. The van der Waals surface area contributed by atoms with Crippen LogP contribution in [-0.4, -0.2) is 9.55 Å². The summed E-state index contributed by atoms with van der Waals surface area (Å²) in [6, 6.07) is 2.04. The molecule has 0 amide bonds. The van der Waals surface area contributed by atoms with E-state index in [-0.39, 0.29) is 0 Å². The van der Waals surface area contributed by atoms with Gasteiger partial charge in [-0.05, 0) is 12.8 Å². The summed E-state index contributed by atoms with van der Waals surface area (Å²) in [5, 5.41) is 8.85. The average Bonchev–Trinajstić information content (AvgIpc) is 2.57. The topological polar surface area (TPSA) is 67.6 Å². The molecule has 0 radical (unpaired) electrons. The highest BCUT2D eigenvalue weighted by molar-refractivity contribution is 5.46. The van der Waals surface area contributed by atoms with E-state index in [1.54, 1.807) is 0 Å². The molecule has 0 atom stereocenters. The van der Waals surface area contributed by atoms with Crippen molar-refractivity contribution in [1.82, 2.24) is 9.55 Å². The minimum absolute atomic E-state index is 0.373. The number of imidazole rings is 1. The zero-order chi connectivity index (χ0) is 10.8. The second-order valence-electron chi connectivity index (χ2n) is 4.21. The lowest BCUT2D eigenvalue weighted by atomic mass is 9.89. The molecule has 1 saturated carbocycles. The summed E-state index contributed by atoms with van der Waals surface area (Å²) in [5.74, 6) is 1.98. The van der Waals surface area contributed by atoms with Crippen LogP contribution in [0.25, 0.3) is 0 Å². The zero-order valence-corrected chi connectivity index (χ0v) is 9.03. The summed E-state index contributed by atoms with van der Waals surface area (Å²) in [6.45, 7) is 0. The van der Waals surface area contributed by atoms with E-state index in [2.05, 4.69) is 4.98 Å². The maximum atomic E-state index is 8.85. The Balaban J connectivity index is 2.31. The normalized spacial score (nSPS) is 17.6. The van der Waals surface area contributed by atoms with Gasteiger partial charge in [-0.1, -0.05) is 19.3 Å². The molecule has 1 fully saturated rings. The van der Waals surface area contributed by atoms with Crippen LogP contribution in [0.2, 0.25) is 0 Å². The second-order valence-corrected chi connectivity index (χ2v) is 4.21. The third-order valence-electron chi connectivity index (χ3n) is 3.25. The predicted molar refractivity (Wildman–Crippen MR) is 58.2 cm³/mol. The summed E-state index contributed by atoms with van der Waals surface area (Å²) < 4.78 is 1.87. The monoisotopic (exact) mass is 204 g/mol. The van der Waals surface area contributed by atoms with Gasteiger partial charge >= 0.3 is 0 Å². The molecule has 0 aliphatic heterocycles. The van der Waals surface area contributed by atoms with Crippen molar-refractivity contribution in [3.8, 4) is 6.07 Å². The first kappa shape index (κ1) is 10.0. The van der Waals surface area contributed by atoms with Crippen LogP contribution in [0.5, 0.6) is 0 Å². The number of nitrogens with two attached hydrogens (primary N) is 1. The Bertz CT molecular complexity index is 393. The highest BCUT2D eigenvalue weighted by Gasteiger charge is 2.22. The van der Waals surface area contributed by atoms with Gasteiger partial charge in [-0.2, -0.15) is 5.26 Å².